The molecular weight excluding hydrogens is 240 g/mol. The Morgan fingerprint density at radius 1 is 1.42 bits per heavy atom. The fourth-order valence-electron chi connectivity index (χ4n) is 2.15. The molecule has 0 fully saturated rings. The minimum Gasteiger partial charge on any atom is -0.496 e. The highest BCUT2D eigenvalue weighted by Crippen LogP contribution is 2.28. The number of benzene rings is 1. The van der Waals surface area contributed by atoms with Crippen molar-refractivity contribution in [2.45, 2.75) is 32.9 Å². The SMILES string of the molecule is CCCn1nncc1C(N)c1cc(C)ccc1OC. The number of methoxy groups -OCH3 is 1. The molecule has 102 valence electrons. The van der Waals surface area contributed by atoms with E-state index in [1.807, 2.05) is 29.8 Å². The minimum atomic E-state index is -0.281. The van der Waals surface area contributed by atoms with E-state index < -0.39 is 0 Å². The maximum Gasteiger partial charge on any atom is 0.124 e. The van der Waals surface area contributed by atoms with Gasteiger partial charge in [0.25, 0.3) is 0 Å². The van der Waals surface area contributed by atoms with Gasteiger partial charge in [0.2, 0.25) is 0 Å². The Bertz CT molecular complexity index is 550. The van der Waals surface area contributed by atoms with E-state index in [1.54, 1.807) is 13.3 Å². The molecule has 0 aliphatic heterocycles. The van der Waals surface area contributed by atoms with Crippen LogP contribution < -0.4 is 10.5 Å². The molecule has 5 heteroatoms. The fraction of sp³-hybridized carbons (Fsp3) is 0.429. The molecule has 2 N–H and O–H groups in total. The number of aryl methyl sites for hydroxylation is 2. The third-order valence-electron chi connectivity index (χ3n) is 3.12. The van der Waals surface area contributed by atoms with E-state index >= 15 is 0 Å². The second-order valence-corrected chi connectivity index (χ2v) is 4.61. The molecule has 0 saturated carbocycles. The van der Waals surface area contributed by atoms with Crippen LogP contribution in [0.25, 0.3) is 0 Å². The molecule has 5 nitrogen and oxygen atoms in total. The van der Waals surface area contributed by atoms with Gasteiger partial charge in [-0.05, 0) is 19.4 Å². The summed E-state index contributed by atoms with van der Waals surface area (Å²) >= 11 is 0. The van der Waals surface area contributed by atoms with E-state index in [4.69, 9.17) is 10.5 Å². The summed E-state index contributed by atoms with van der Waals surface area (Å²) in [4.78, 5) is 0. The molecule has 1 aromatic carbocycles. The van der Waals surface area contributed by atoms with Gasteiger partial charge in [-0.25, -0.2) is 4.68 Å². The maximum absolute atomic E-state index is 6.36. The van der Waals surface area contributed by atoms with Crippen LogP contribution in [0.3, 0.4) is 0 Å². The van der Waals surface area contributed by atoms with Crippen LogP contribution in [0.5, 0.6) is 5.75 Å². The number of aromatic nitrogens is 3. The van der Waals surface area contributed by atoms with Crippen molar-refractivity contribution in [2.75, 3.05) is 7.11 Å². The summed E-state index contributed by atoms with van der Waals surface area (Å²) in [5.41, 5.74) is 9.38. The molecule has 1 atom stereocenters. The largest absolute Gasteiger partial charge is 0.496 e. The molecule has 0 aliphatic carbocycles. The monoisotopic (exact) mass is 260 g/mol. The maximum atomic E-state index is 6.36. The summed E-state index contributed by atoms with van der Waals surface area (Å²) in [5.74, 6) is 0.794. The Labute approximate surface area is 113 Å². The van der Waals surface area contributed by atoms with Crippen LogP contribution in [-0.4, -0.2) is 22.1 Å². The lowest BCUT2D eigenvalue weighted by atomic mass is 10.0. The zero-order valence-electron chi connectivity index (χ0n) is 11.6. The number of rotatable bonds is 5. The molecule has 2 rings (SSSR count). The lowest BCUT2D eigenvalue weighted by Gasteiger charge is -2.17. The smallest absolute Gasteiger partial charge is 0.124 e. The first-order valence-corrected chi connectivity index (χ1v) is 6.45. The van der Waals surface area contributed by atoms with Crippen LogP contribution in [0.15, 0.2) is 24.4 Å². The molecule has 19 heavy (non-hydrogen) atoms. The topological polar surface area (TPSA) is 66.0 Å². The van der Waals surface area contributed by atoms with Gasteiger partial charge in [-0.2, -0.15) is 0 Å². The minimum absolute atomic E-state index is 0.281. The van der Waals surface area contributed by atoms with E-state index in [9.17, 15) is 0 Å². The Balaban J connectivity index is 2.40. The van der Waals surface area contributed by atoms with Crippen LogP contribution in [0.2, 0.25) is 0 Å². The van der Waals surface area contributed by atoms with Crippen molar-refractivity contribution in [2.24, 2.45) is 5.73 Å². The van der Waals surface area contributed by atoms with Gasteiger partial charge in [0.1, 0.15) is 5.75 Å². The van der Waals surface area contributed by atoms with Crippen molar-refractivity contribution in [3.63, 3.8) is 0 Å². The number of ether oxygens (including phenoxy) is 1. The predicted octanol–water partition coefficient (Wildman–Crippen LogP) is 2.05. The van der Waals surface area contributed by atoms with Gasteiger partial charge >= 0.3 is 0 Å². The molecule has 0 bridgehead atoms. The molecule has 0 amide bonds. The lowest BCUT2D eigenvalue weighted by Crippen LogP contribution is -2.18. The zero-order chi connectivity index (χ0) is 13.8. The van der Waals surface area contributed by atoms with Crippen LogP contribution in [0.1, 0.15) is 36.2 Å². The normalized spacial score (nSPS) is 12.4. The molecule has 1 unspecified atom stereocenters. The second kappa shape index (κ2) is 5.84. The van der Waals surface area contributed by atoms with Gasteiger partial charge in [0.05, 0.1) is 25.0 Å². The molecule has 0 spiro atoms. The second-order valence-electron chi connectivity index (χ2n) is 4.61. The highest BCUT2D eigenvalue weighted by molar-refractivity contribution is 5.41. The molecule has 2 aromatic rings. The number of nitrogens with zero attached hydrogens (tertiary/aromatic N) is 3. The first kappa shape index (κ1) is 13.5. The summed E-state index contributed by atoms with van der Waals surface area (Å²) in [6.45, 7) is 4.96. The van der Waals surface area contributed by atoms with E-state index in [0.29, 0.717) is 0 Å². The first-order chi connectivity index (χ1) is 9.17. The Hall–Kier alpha value is -1.88. The Kier molecular flexibility index (Phi) is 4.16. The third kappa shape index (κ3) is 2.76. The molecule has 0 aliphatic rings. The average molecular weight is 260 g/mol. The van der Waals surface area contributed by atoms with Gasteiger partial charge in [0, 0.05) is 12.1 Å². The summed E-state index contributed by atoms with van der Waals surface area (Å²) in [7, 11) is 1.66. The van der Waals surface area contributed by atoms with Crippen LogP contribution >= 0.6 is 0 Å². The summed E-state index contributed by atoms with van der Waals surface area (Å²) in [6.07, 6.45) is 2.72. The molecule has 0 saturated heterocycles. The highest BCUT2D eigenvalue weighted by Gasteiger charge is 2.18. The fourth-order valence-corrected chi connectivity index (χ4v) is 2.15. The average Bonchev–Trinajstić information content (AvgIpc) is 2.86. The van der Waals surface area contributed by atoms with Crippen molar-refractivity contribution in [3.8, 4) is 5.75 Å². The van der Waals surface area contributed by atoms with Crippen LogP contribution in [0.4, 0.5) is 0 Å². The molecule has 0 radical (unpaired) electrons. The van der Waals surface area contributed by atoms with E-state index in [0.717, 1.165) is 35.5 Å². The van der Waals surface area contributed by atoms with Crippen molar-refractivity contribution < 1.29 is 4.74 Å². The van der Waals surface area contributed by atoms with Gasteiger partial charge in [-0.3, -0.25) is 0 Å². The number of nitrogens with two attached hydrogens (primary N) is 1. The summed E-state index contributed by atoms with van der Waals surface area (Å²) < 4.78 is 7.24. The number of hydrogen-bond acceptors (Lipinski definition) is 4. The van der Waals surface area contributed by atoms with Crippen LogP contribution in [0, 0.1) is 6.92 Å². The zero-order valence-corrected chi connectivity index (χ0v) is 11.6. The summed E-state index contributed by atoms with van der Waals surface area (Å²) in [5, 5.41) is 8.03. The Morgan fingerprint density at radius 2 is 2.21 bits per heavy atom. The van der Waals surface area contributed by atoms with Gasteiger partial charge in [-0.1, -0.05) is 29.8 Å². The van der Waals surface area contributed by atoms with Crippen molar-refractivity contribution in [1.82, 2.24) is 15.0 Å². The molecule has 1 aromatic heterocycles. The molecule has 1 heterocycles. The van der Waals surface area contributed by atoms with E-state index in [1.165, 1.54) is 0 Å². The van der Waals surface area contributed by atoms with Gasteiger partial charge in [0.15, 0.2) is 0 Å². The van der Waals surface area contributed by atoms with Gasteiger partial charge in [-0.15, -0.1) is 5.10 Å². The van der Waals surface area contributed by atoms with Crippen molar-refractivity contribution in [3.05, 3.63) is 41.2 Å². The third-order valence-corrected chi connectivity index (χ3v) is 3.12. The van der Waals surface area contributed by atoms with Crippen molar-refractivity contribution >= 4 is 0 Å². The predicted molar refractivity (Wildman–Crippen MR) is 74.1 cm³/mol. The Morgan fingerprint density at radius 3 is 2.89 bits per heavy atom. The lowest BCUT2D eigenvalue weighted by molar-refractivity contribution is 0.406. The first-order valence-electron chi connectivity index (χ1n) is 6.45. The standard InChI is InChI=1S/C14H20N4O/c1-4-7-18-12(9-16-17-18)14(15)11-8-10(2)5-6-13(11)19-3/h5-6,8-9,14H,4,7,15H2,1-3H3. The van der Waals surface area contributed by atoms with E-state index in [-0.39, 0.29) is 6.04 Å². The summed E-state index contributed by atoms with van der Waals surface area (Å²) in [6, 6.07) is 5.72. The van der Waals surface area contributed by atoms with E-state index in [2.05, 4.69) is 17.2 Å². The van der Waals surface area contributed by atoms with Gasteiger partial charge < -0.3 is 10.5 Å². The van der Waals surface area contributed by atoms with Crippen LogP contribution in [-0.2, 0) is 6.54 Å². The molecular formula is C14H20N4O. The number of hydrogen-bond donors (Lipinski definition) is 1. The van der Waals surface area contributed by atoms with Crippen molar-refractivity contribution in [1.29, 1.82) is 0 Å². The highest BCUT2D eigenvalue weighted by atomic mass is 16.5. The quantitative estimate of drug-likeness (QED) is 0.893.